The molecule has 1 fully saturated rings. The van der Waals surface area contributed by atoms with Crippen molar-refractivity contribution in [1.82, 2.24) is 4.98 Å². The molecule has 0 saturated carbocycles. The van der Waals surface area contributed by atoms with E-state index in [9.17, 15) is 0 Å². The molecule has 0 unspecified atom stereocenters. The van der Waals surface area contributed by atoms with Crippen molar-refractivity contribution in [2.24, 2.45) is 0 Å². The van der Waals surface area contributed by atoms with Crippen molar-refractivity contribution in [2.45, 2.75) is 25.7 Å². The van der Waals surface area contributed by atoms with Crippen LogP contribution in [0.5, 0.6) is 5.88 Å². The van der Waals surface area contributed by atoms with E-state index >= 15 is 0 Å². The lowest BCUT2D eigenvalue weighted by Crippen LogP contribution is -2.12. The second-order valence-corrected chi connectivity index (χ2v) is 5.04. The SMILES string of the molecule is c1ccc(COc2cccc(CO[C@H]3CCOC3)n2)cc1. The first kappa shape index (κ1) is 14.0. The highest BCUT2D eigenvalue weighted by molar-refractivity contribution is 5.18. The van der Waals surface area contributed by atoms with E-state index in [2.05, 4.69) is 4.98 Å². The number of ether oxygens (including phenoxy) is 3. The van der Waals surface area contributed by atoms with Crippen LogP contribution in [0.2, 0.25) is 0 Å². The highest BCUT2D eigenvalue weighted by atomic mass is 16.5. The van der Waals surface area contributed by atoms with Crippen LogP contribution in [0, 0.1) is 0 Å². The van der Waals surface area contributed by atoms with E-state index in [1.54, 1.807) is 0 Å². The van der Waals surface area contributed by atoms with Crippen molar-refractivity contribution >= 4 is 0 Å². The summed E-state index contributed by atoms with van der Waals surface area (Å²) in [5.41, 5.74) is 2.01. The van der Waals surface area contributed by atoms with Gasteiger partial charge in [-0.25, -0.2) is 4.98 Å². The van der Waals surface area contributed by atoms with Gasteiger partial charge < -0.3 is 14.2 Å². The first-order valence-corrected chi connectivity index (χ1v) is 7.22. The average molecular weight is 285 g/mol. The zero-order valence-corrected chi connectivity index (χ0v) is 11.9. The Balaban J connectivity index is 1.52. The van der Waals surface area contributed by atoms with E-state index in [0.29, 0.717) is 25.7 Å². The predicted octanol–water partition coefficient (Wildman–Crippen LogP) is 2.97. The van der Waals surface area contributed by atoms with Gasteiger partial charge in [0, 0.05) is 12.7 Å². The first-order valence-electron chi connectivity index (χ1n) is 7.22. The summed E-state index contributed by atoms with van der Waals surface area (Å²) < 4.78 is 16.8. The number of rotatable bonds is 6. The lowest BCUT2D eigenvalue weighted by Gasteiger charge is -2.10. The van der Waals surface area contributed by atoms with Gasteiger partial charge in [0.15, 0.2) is 0 Å². The molecular formula is C17H19NO3. The molecule has 1 aromatic heterocycles. The summed E-state index contributed by atoms with van der Waals surface area (Å²) in [5.74, 6) is 0.627. The van der Waals surface area contributed by atoms with Gasteiger partial charge in [0.25, 0.3) is 0 Å². The van der Waals surface area contributed by atoms with E-state index in [1.165, 1.54) is 0 Å². The molecule has 3 rings (SSSR count). The second kappa shape index (κ2) is 7.20. The van der Waals surface area contributed by atoms with Gasteiger partial charge in [0.2, 0.25) is 5.88 Å². The Labute approximate surface area is 124 Å². The van der Waals surface area contributed by atoms with Crippen molar-refractivity contribution in [1.29, 1.82) is 0 Å². The molecule has 0 spiro atoms. The Morgan fingerprint density at radius 1 is 1.05 bits per heavy atom. The van der Waals surface area contributed by atoms with E-state index < -0.39 is 0 Å². The summed E-state index contributed by atoms with van der Waals surface area (Å²) in [5, 5.41) is 0. The average Bonchev–Trinajstić information content (AvgIpc) is 3.06. The van der Waals surface area contributed by atoms with Crippen molar-refractivity contribution < 1.29 is 14.2 Å². The van der Waals surface area contributed by atoms with Crippen LogP contribution in [0.25, 0.3) is 0 Å². The van der Waals surface area contributed by atoms with E-state index in [1.807, 2.05) is 48.5 Å². The van der Waals surface area contributed by atoms with Gasteiger partial charge in [-0.15, -0.1) is 0 Å². The normalized spacial score (nSPS) is 17.8. The van der Waals surface area contributed by atoms with Gasteiger partial charge in [-0.2, -0.15) is 0 Å². The molecule has 1 atom stereocenters. The quantitative estimate of drug-likeness (QED) is 0.818. The molecule has 0 amide bonds. The maximum Gasteiger partial charge on any atom is 0.213 e. The number of pyridine rings is 1. The highest BCUT2D eigenvalue weighted by Crippen LogP contribution is 2.14. The predicted molar refractivity (Wildman–Crippen MR) is 79.0 cm³/mol. The third kappa shape index (κ3) is 4.28. The number of hydrogen-bond acceptors (Lipinski definition) is 4. The van der Waals surface area contributed by atoms with Crippen molar-refractivity contribution in [2.75, 3.05) is 13.2 Å². The van der Waals surface area contributed by atoms with Crippen LogP contribution in [0.3, 0.4) is 0 Å². The molecule has 110 valence electrons. The van der Waals surface area contributed by atoms with Gasteiger partial charge >= 0.3 is 0 Å². The van der Waals surface area contributed by atoms with Crippen LogP contribution >= 0.6 is 0 Å². The molecule has 4 heteroatoms. The molecule has 0 radical (unpaired) electrons. The fourth-order valence-corrected chi connectivity index (χ4v) is 2.20. The first-order chi connectivity index (χ1) is 10.4. The molecule has 1 saturated heterocycles. The zero-order chi connectivity index (χ0) is 14.3. The van der Waals surface area contributed by atoms with Crippen LogP contribution < -0.4 is 4.74 Å². The molecule has 0 bridgehead atoms. The fourth-order valence-electron chi connectivity index (χ4n) is 2.20. The van der Waals surface area contributed by atoms with Crippen molar-refractivity contribution in [3.05, 3.63) is 59.8 Å². The monoisotopic (exact) mass is 285 g/mol. The Morgan fingerprint density at radius 3 is 2.76 bits per heavy atom. The third-order valence-corrected chi connectivity index (χ3v) is 3.37. The maximum absolute atomic E-state index is 5.76. The molecule has 1 aliphatic heterocycles. The number of hydrogen-bond donors (Lipinski definition) is 0. The van der Waals surface area contributed by atoms with Gasteiger partial charge in [-0.05, 0) is 18.1 Å². The summed E-state index contributed by atoms with van der Waals surface area (Å²) in [4.78, 5) is 4.46. The molecule has 1 aromatic carbocycles. The molecule has 4 nitrogen and oxygen atoms in total. The molecular weight excluding hydrogens is 266 g/mol. The van der Waals surface area contributed by atoms with Gasteiger partial charge in [-0.3, -0.25) is 0 Å². The van der Waals surface area contributed by atoms with Crippen molar-refractivity contribution in [3.8, 4) is 5.88 Å². The Bertz CT molecular complexity index is 553. The third-order valence-electron chi connectivity index (χ3n) is 3.37. The van der Waals surface area contributed by atoms with E-state index in [-0.39, 0.29) is 6.10 Å². The Morgan fingerprint density at radius 2 is 1.95 bits per heavy atom. The highest BCUT2D eigenvalue weighted by Gasteiger charge is 2.16. The largest absolute Gasteiger partial charge is 0.473 e. The fraction of sp³-hybridized carbons (Fsp3) is 0.353. The minimum Gasteiger partial charge on any atom is -0.473 e. The van der Waals surface area contributed by atoms with Crippen LogP contribution in [0.1, 0.15) is 17.7 Å². The summed E-state index contributed by atoms with van der Waals surface area (Å²) in [7, 11) is 0. The van der Waals surface area contributed by atoms with Crippen molar-refractivity contribution in [3.63, 3.8) is 0 Å². The van der Waals surface area contributed by atoms with Gasteiger partial charge in [0.1, 0.15) is 6.61 Å². The minimum atomic E-state index is 0.195. The molecule has 2 heterocycles. The summed E-state index contributed by atoms with van der Waals surface area (Å²) in [6, 6.07) is 15.8. The number of aromatic nitrogens is 1. The number of benzene rings is 1. The second-order valence-electron chi connectivity index (χ2n) is 5.04. The summed E-state index contributed by atoms with van der Waals surface area (Å²) >= 11 is 0. The van der Waals surface area contributed by atoms with E-state index in [4.69, 9.17) is 14.2 Å². The smallest absolute Gasteiger partial charge is 0.213 e. The molecule has 0 N–H and O–H groups in total. The van der Waals surface area contributed by atoms with Crippen LogP contribution in [-0.4, -0.2) is 24.3 Å². The summed E-state index contributed by atoms with van der Waals surface area (Å²) in [6.07, 6.45) is 1.16. The molecule has 0 aliphatic carbocycles. The van der Waals surface area contributed by atoms with Crippen LogP contribution in [0.15, 0.2) is 48.5 Å². The lowest BCUT2D eigenvalue weighted by atomic mass is 10.2. The van der Waals surface area contributed by atoms with E-state index in [0.717, 1.165) is 24.3 Å². The topological polar surface area (TPSA) is 40.6 Å². The van der Waals surface area contributed by atoms with Crippen LogP contribution in [0.4, 0.5) is 0 Å². The lowest BCUT2D eigenvalue weighted by molar-refractivity contribution is 0.0299. The number of nitrogens with zero attached hydrogens (tertiary/aromatic N) is 1. The minimum absolute atomic E-state index is 0.195. The zero-order valence-electron chi connectivity index (χ0n) is 11.9. The molecule has 21 heavy (non-hydrogen) atoms. The molecule has 1 aliphatic rings. The standard InChI is InChI=1S/C17H19NO3/c1-2-5-14(6-3-1)11-21-17-8-4-7-15(18-17)12-20-16-9-10-19-13-16/h1-8,16H,9-13H2/t16-/m0/s1. The van der Waals surface area contributed by atoms with Gasteiger partial charge in [0.05, 0.1) is 25.0 Å². The Kier molecular flexibility index (Phi) is 4.82. The van der Waals surface area contributed by atoms with Gasteiger partial charge in [-0.1, -0.05) is 36.4 Å². The maximum atomic E-state index is 5.76. The summed E-state index contributed by atoms with van der Waals surface area (Å²) in [6.45, 7) is 2.49. The van der Waals surface area contributed by atoms with Crippen LogP contribution in [-0.2, 0) is 22.7 Å². The molecule has 2 aromatic rings. The Hall–Kier alpha value is -1.91.